The lowest BCUT2D eigenvalue weighted by Gasteiger charge is -2.16. The van der Waals surface area contributed by atoms with E-state index in [1.54, 1.807) is 19.4 Å². The Bertz CT molecular complexity index is 1900. The molecule has 2 N–H and O–H groups in total. The number of fused-ring (bicyclic) bond motifs is 1. The average Bonchev–Trinajstić information content (AvgIpc) is 3.75. The minimum atomic E-state index is -1.27. The van der Waals surface area contributed by atoms with E-state index >= 15 is 4.39 Å². The van der Waals surface area contributed by atoms with E-state index in [4.69, 9.17) is 14.5 Å². The predicted molar refractivity (Wildman–Crippen MR) is 175 cm³/mol. The van der Waals surface area contributed by atoms with Gasteiger partial charge in [-0.1, -0.05) is 6.07 Å². The van der Waals surface area contributed by atoms with Crippen LogP contribution in [0.1, 0.15) is 18.5 Å². The molecule has 13 heteroatoms. The van der Waals surface area contributed by atoms with Crippen LogP contribution in [0.4, 0.5) is 20.2 Å². The lowest BCUT2D eigenvalue weighted by Crippen LogP contribution is -2.35. The van der Waals surface area contributed by atoms with E-state index in [9.17, 15) is 14.0 Å². The molecule has 0 aliphatic heterocycles. The smallest absolute Gasteiger partial charge is 0.240 e. The van der Waals surface area contributed by atoms with E-state index in [2.05, 4.69) is 20.4 Å². The summed E-state index contributed by atoms with van der Waals surface area (Å²) in [4.78, 5) is 38.2. The van der Waals surface area contributed by atoms with Crippen molar-refractivity contribution in [3.63, 3.8) is 0 Å². The molecule has 0 bridgehead atoms. The normalized spacial score (nSPS) is 13.5. The summed E-state index contributed by atoms with van der Waals surface area (Å²) in [7, 11) is 3.69. The minimum Gasteiger partial charge on any atom is -0.453 e. The van der Waals surface area contributed by atoms with Crippen molar-refractivity contribution < 1.29 is 27.8 Å². The van der Waals surface area contributed by atoms with Crippen molar-refractivity contribution in [2.45, 2.75) is 19.4 Å². The molecule has 234 valence electrons. The van der Waals surface area contributed by atoms with Gasteiger partial charge >= 0.3 is 0 Å². The Morgan fingerprint density at radius 1 is 0.978 bits per heavy atom. The quantitative estimate of drug-likeness (QED) is 0.131. The maximum Gasteiger partial charge on any atom is 0.240 e. The molecule has 5 aromatic rings. The molecule has 3 aromatic heterocycles. The highest BCUT2D eigenvalue weighted by molar-refractivity contribution is 7.22. The molecule has 3 heterocycles. The number of aromatic nitrogens is 2. The molecular weight excluding hydrogens is 611 g/mol. The van der Waals surface area contributed by atoms with Crippen molar-refractivity contribution in [1.29, 1.82) is 0 Å². The first-order chi connectivity index (χ1) is 22.2. The Morgan fingerprint density at radius 3 is 2.43 bits per heavy atom. The highest BCUT2D eigenvalue weighted by Gasteiger charge is 2.56. The topological polar surface area (TPSA) is 106 Å². The fourth-order valence-electron chi connectivity index (χ4n) is 4.93. The fraction of sp³-hybridized carbons (Fsp3) is 0.212. The maximum atomic E-state index is 15.3. The van der Waals surface area contributed by atoms with E-state index in [1.165, 1.54) is 47.7 Å². The van der Waals surface area contributed by atoms with E-state index in [0.717, 1.165) is 33.6 Å². The average molecular weight is 642 g/mol. The van der Waals surface area contributed by atoms with Crippen molar-refractivity contribution in [1.82, 2.24) is 14.8 Å². The summed E-state index contributed by atoms with van der Waals surface area (Å²) >= 11 is 1.45. The van der Waals surface area contributed by atoms with Gasteiger partial charge in [-0.2, -0.15) is 0 Å². The lowest BCUT2D eigenvalue weighted by atomic mass is 10.0. The van der Waals surface area contributed by atoms with Crippen LogP contribution in [0.3, 0.4) is 0 Å². The molecule has 0 saturated heterocycles. The van der Waals surface area contributed by atoms with E-state index in [1.807, 2.05) is 32.2 Å². The summed E-state index contributed by atoms with van der Waals surface area (Å²) in [6, 6.07) is 18.9. The van der Waals surface area contributed by atoms with Crippen LogP contribution in [0, 0.1) is 17.0 Å². The Balaban J connectivity index is 1.14. The van der Waals surface area contributed by atoms with E-state index in [0.29, 0.717) is 42.9 Å². The number of benzene rings is 2. The van der Waals surface area contributed by atoms with Gasteiger partial charge in [-0.3, -0.25) is 19.6 Å². The highest BCUT2D eigenvalue weighted by atomic mass is 32.1. The Labute approximate surface area is 269 Å². The number of hydrogen-bond donors (Lipinski definition) is 2. The van der Waals surface area contributed by atoms with Crippen molar-refractivity contribution in [2.24, 2.45) is 5.41 Å². The molecule has 46 heavy (non-hydrogen) atoms. The molecule has 1 saturated carbocycles. The molecular formula is C33H30BF2N5O4S. The molecule has 9 nitrogen and oxygen atoms in total. The standard InChI is InChI=1S/C33H30BF2N5O4S/c1-44-16-15-41(34)19-23-3-2-4-25(38-23)29-18-26-30(46-29)28(11-14-37-26)45-27-10-9-22(17-24(27)36)40-32(43)33(12-13-33)31(42)39-21-7-5-20(35)6-8-21/h2-11,14,17-18H,12-13,15-16,19,34H2,1H3,(H,39,42)(H,40,43). The second-order valence-corrected chi connectivity index (χ2v) is 12.2. The SMILES string of the molecule is BN(CCOC)Cc1cccc(-c2cc3nccc(Oc4ccc(NC(=O)C5(C(=O)Nc6ccc(F)cc6)CC5)cc4F)c3s2)n1. The van der Waals surface area contributed by atoms with Crippen LogP contribution in [0.5, 0.6) is 11.5 Å². The number of carbonyl (C=O) groups excluding carboxylic acids is 2. The molecule has 0 unspecified atom stereocenters. The molecule has 1 fully saturated rings. The van der Waals surface area contributed by atoms with Crippen LogP contribution >= 0.6 is 11.3 Å². The number of hydrogen-bond acceptors (Lipinski definition) is 8. The number of pyridine rings is 2. The maximum absolute atomic E-state index is 15.3. The summed E-state index contributed by atoms with van der Waals surface area (Å²) in [6.07, 6.45) is 2.30. The van der Waals surface area contributed by atoms with Crippen molar-refractivity contribution in [3.05, 3.63) is 96.3 Å². The first kappa shape index (κ1) is 31.3. The highest BCUT2D eigenvalue weighted by Crippen LogP contribution is 2.48. The summed E-state index contributed by atoms with van der Waals surface area (Å²) in [6.45, 7) is 2.10. The molecule has 0 radical (unpaired) electrons. The molecule has 2 aromatic carbocycles. The van der Waals surface area contributed by atoms with Gasteiger partial charge < -0.3 is 24.9 Å². The molecule has 1 aliphatic carbocycles. The number of halogens is 2. The van der Waals surface area contributed by atoms with Crippen molar-refractivity contribution in [2.75, 3.05) is 30.9 Å². The van der Waals surface area contributed by atoms with Gasteiger partial charge in [-0.15, -0.1) is 11.3 Å². The number of thiophene rings is 1. The third-order valence-electron chi connectivity index (χ3n) is 7.68. The van der Waals surface area contributed by atoms with Gasteiger partial charge in [0.1, 0.15) is 17.0 Å². The van der Waals surface area contributed by atoms with E-state index < -0.39 is 28.9 Å². The number of methoxy groups -OCH3 is 1. The van der Waals surface area contributed by atoms with Gasteiger partial charge in [0.05, 0.1) is 33.1 Å². The number of nitrogens with one attached hydrogen (secondary N) is 2. The number of anilines is 2. The second-order valence-electron chi connectivity index (χ2n) is 11.1. The lowest BCUT2D eigenvalue weighted by molar-refractivity contribution is -0.131. The molecule has 1 aliphatic rings. The number of ether oxygens (including phenoxy) is 2. The monoisotopic (exact) mass is 641 g/mol. The summed E-state index contributed by atoms with van der Waals surface area (Å²) < 4.78 is 40.3. The number of nitrogens with zero attached hydrogens (tertiary/aromatic N) is 3. The van der Waals surface area contributed by atoms with Crippen LogP contribution in [-0.4, -0.2) is 54.8 Å². The largest absolute Gasteiger partial charge is 0.453 e. The van der Waals surface area contributed by atoms with Gasteiger partial charge in [-0.25, -0.2) is 8.78 Å². The second kappa shape index (κ2) is 13.3. The van der Waals surface area contributed by atoms with Gasteiger partial charge in [0.15, 0.2) is 19.5 Å². The van der Waals surface area contributed by atoms with Crippen LogP contribution < -0.4 is 15.4 Å². The van der Waals surface area contributed by atoms with Crippen LogP contribution in [0.25, 0.3) is 20.8 Å². The number of carbonyl (C=O) groups is 2. The Hall–Kier alpha value is -4.72. The van der Waals surface area contributed by atoms with Gasteiger partial charge in [0.25, 0.3) is 0 Å². The molecule has 0 atom stereocenters. The predicted octanol–water partition coefficient (Wildman–Crippen LogP) is 5.78. The van der Waals surface area contributed by atoms with Crippen LogP contribution in [0.15, 0.2) is 79.0 Å². The van der Waals surface area contributed by atoms with Crippen molar-refractivity contribution in [3.8, 4) is 22.1 Å². The summed E-state index contributed by atoms with van der Waals surface area (Å²) in [5.41, 5.74) is 1.72. The van der Waals surface area contributed by atoms with Gasteiger partial charge in [-0.05, 0) is 67.4 Å². The zero-order valence-corrected chi connectivity index (χ0v) is 26.0. The van der Waals surface area contributed by atoms with Crippen LogP contribution in [0.2, 0.25) is 0 Å². The number of rotatable bonds is 12. The fourth-order valence-corrected chi connectivity index (χ4v) is 5.96. The summed E-state index contributed by atoms with van der Waals surface area (Å²) in [5, 5.41) is 5.31. The Kier molecular flexibility index (Phi) is 9.07. The zero-order valence-electron chi connectivity index (χ0n) is 25.2. The first-order valence-electron chi connectivity index (χ1n) is 14.6. The molecule has 0 spiro atoms. The van der Waals surface area contributed by atoms with Crippen molar-refractivity contribution >= 4 is 52.7 Å². The van der Waals surface area contributed by atoms with E-state index in [-0.39, 0.29) is 11.4 Å². The molecule has 6 rings (SSSR count). The van der Waals surface area contributed by atoms with Gasteiger partial charge in [0, 0.05) is 49.9 Å². The minimum absolute atomic E-state index is 0.0325. The third-order valence-corrected chi connectivity index (χ3v) is 8.84. The summed E-state index contributed by atoms with van der Waals surface area (Å²) in [5.74, 6) is -1.76. The third kappa shape index (κ3) is 6.91. The first-order valence-corrected chi connectivity index (χ1v) is 15.4. The number of amides is 2. The zero-order chi connectivity index (χ0) is 32.3. The van der Waals surface area contributed by atoms with Crippen LogP contribution in [-0.2, 0) is 20.9 Å². The van der Waals surface area contributed by atoms with Gasteiger partial charge in [0.2, 0.25) is 11.8 Å². The Morgan fingerprint density at radius 2 is 1.72 bits per heavy atom. The molecule has 2 amide bonds.